The maximum Gasteiger partial charge on any atom is 0.280 e. The van der Waals surface area contributed by atoms with Crippen LogP contribution in [-0.2, 0) is 4.79 Å². The van der Waals surface area contributed by atoms with Crippen molar-refractivity contribution in [2.75, 3.05) is 0 Å². The van der Waals surface area contributed by atoms with Crippen LogP contribution >= 0.6 is 11.6 Å². The first-order valence-electron chi connectivity index (χ1n) is 7.54. The number of halogens is 1. The topological polar surface area (TPSA) is 50.7 Å². The zero-order valence-electron chi connectivity index (χ0n) is 13.6. The lowest BCUT2D eigenvalue weighted by atomic mass is 10.2. The summed E-state index contributed by atoms with van der Waals surface area (Å²) in [5.41, 5.74) is 4.25. The Morgan fingerprint density at radius 3 is 2.50 bits per heavy atom. The number of hydrogen-bond acceptors (Lipinski definition) is 3. The molecule has 0 radical (unpaired) electrons. The summed E-state index contributed by atoms with van der Waals surface area (Å²) in [7, 11) is 0. The molecule has 5 heteroatoms. The number of hydrazone groups is 1. The Bertz CT molecular complexity index is 725. The van der Waals surface area contributed by atoms with Gasteiger partial charge in [0.25, 0.3) is 5.91 Å². The Morgan fingerprint density at radius 2 is 1.83 bits per heavy atom. The number of hydrogen-bond donors (Lipinski definition) is 1. The molecule has 0 aliphatic heterocycles. The Kier molecular flexibility index (Phi) is 6.58. The molecule has 0 spiro atoms. The monoisotopic (exact) mass is 342 g/mol. The average molecular weight is 343 g/mol. The molecule has 24 heavy (non-hydrogen) atoms. The van der Waals surface area contributed by atoms with Gasteiger partial charge in [-0.1, -0.05) is 48.0 Å². The van der Waals surface area contributed by atoms with Crippen LogP contribution in [0.4, 0.5) is 0 Å². The molecular weight excluding hydrogens is 324 g/mol. The van der Waals surface area contributed by atoms with Gasteiger partial charge in [0.15, 0.2) is 6.10 Å². The van der Waals surface area contributed by atoms with Gasteiger partial charge in [0, 0.05) is 5.02 Å². The minimum atomic E-state index is -0.666. The van der Waals surface area contributed by atoms with Crippen molar-refractivity contribution < 1.29 is 9.53 Å². The first-order chi connectivity index (χ1) is 11.5. The third kappa shape index (κ3) is 5.89. The molecule has 1 atom stereocenters. The van der Waals surface area contributed by atoms with Crippen LogP contribution in [0.1, 0.15) is 19.4 Å². The van der Waals surface area contributed by atoms with Crippen molar-refractivity contribution in [1.29, 1.82) is 0 Å². The van der Waals surface area contributed by atoms with Gasteiger partial charge in [-0.3, -0.25) is 4.79 Å². The average Bonchev–Trinajstić information content (AvgIpc) is 2.60. The number of allylic oxidation sites excluding steroid dienone is 1. The number of nitrogens with one attached hydrogen (secondary N) is 1. The smallest absolute Gasteiger partial charge is 0.280 e. The molecule has 0 aliphatic carbocycles. The van der Waals surface area contributed by atoms with E-state index in [2.05, 4.69) is 10.5 Å². The van der Waals surface area contributed by atoms with Gasteiger partial charge in [0.1, 0.15) is 5.75 Å². The third-order valence-electron chi connectivity index (χ3n) is 3.15. The zero-order chi connectivity index (χ0) is 17.4. The zero-order valence-corrected chi connectivity index (χ0v) is 14.3. The SMILES string of the molecule is CC(/C=C/c1ccccc1)=N/NC(=O)[C@H](C)Oc1ccc(Cl)cc1. The molecule has 0 aliphatic rings. The fourth-order valence-electron chi connectivity index (χ4n) is 1.82. The fourth-order valence-corrected chi connectivity index (χ4v) is 1.95. The standard InChI is InChI=1S/C19H19ClN2O2/c1-14(8-9-16-6-4-3-5-7-16)21-22-19(23)15(2)24-18-12-10-17(20)11-13-18/h3-13,15H,1-2H3,(H,22,23)/b9-8+,21-14-/t15-/m0/s1. The molecule has 2 rings (SSSR count). The highest BCUT2D eigenvalue weighted by Crippen LogP contribution is 2.16. The van der Waals surface area contributed by atoms with Crippen LogP contribution in [-0.4, -0.2) is 17.7 Å². The maximum absolute atomic E-state index is 12.0. The van der Waals surface area contributed by atoms with E-state index in [0.29, 0.717) is 16.5 Å². The van der Waals surface area contributed by atoms with E-state index in [1.807, 2.05) is 49.4 Å². The number of carbonyl (C=O) groups excluding carboxylic acids is 1. The normalized spacial score (nSPS) is 12.9. The van der Waals surface area contributed by atoms with E-state index >= 15 is 0 Å². The van der Waals surface area contributed by atoms with Crippen molar-refractivity contribution in [3.8, 4) is 5.75 Å². The van der Waals surface area contributed by atoms with Crippen molar-refractivity contribution >= 4 is 29.3 Å². The van der Waals surface area contributed by atoms with E-state index in [1.165, 1.54) is 0 Å². The highest BCUT2D eigenvalue weighted by Gasteiger charge is 2.13. The lowest BCUT2D eigenvalue weighted by Gasteiger charge is -2.13. The van der Waals surface area contributed by atoms with E-state index in [4.69, 9.17) is 16.3 Å². The molecule has 1 amide bonds. The van der Waals surface area contributed by atoms with Gasteiger partial charge >= 0.3 is 0 Å². The second kappa shape index (κ2) is 8.89. The second-order valence-corrected chi connectivity index (χ2v) is 5.62. The summed E-state index contributed by atoms with van der Waals surface area (Å²) in [5, 5.41) is 4.66. The predicted molar refractivity (Wildman–Crippen MR) is 98.3 cm³/mol. The molecule has 0 saturated heterocycles. The maximum atomic E-state index is 12.0. The number of rotatable bonds is 6. The van der Waals surface area contributed by atoms with E-state index in [0.717, 1.165) is 5.56 Å². The lowest BCUT2D eigenvalue weighted by molar-refractivity contribution is -0.127. The Hall–Kier alpha value is -2.59. The molecule has 0 unspecified atom stereocenters. The molecule has 0 aromatic heterocycles. The molecule has 2 aromatic carbocycles. The first-order valence-corrected chi connectivity index (χ1v) is 7.92. The minimum absolute atomic E-state index is 0.322. The molecule has 1 N–H and O–H groups in total. The summed E-state index contributed by atoms with van der Waals surface area (Å²) >= 11 is 5.81. The van der Waals surface area contributed by atoms with Crippen molar-refractivity contribution in [1.82, 2.24) is 5.43 Å². The van der Waals surface area contributed by atoms with Crippen LogP contribution in [0.2, 0.25) is 5.02 Å². The largest absolute Gasteiger partial charge is 0.481 e. The minimum Gasteiger partial charge on any atom is -0.481 e. The van der Waals surface area contributed by atoms with Crippen molar-refractivity contribution in [3.05, 3.63) is 71.3 Å². The van der Waals surface area contributed by atoms with Gasteiger partial charge in [-0.15, -0.1) is 0 Å². The van der Waals surface area contributed by atoms with Gasteiger partial charge in [-0.05, 0) is 49.8 Å². The van der Waals surface area contributed by atoms with Crippen molar-refractivity contribution in [3.63, 3.8) is 0 Å². The summed E-state index contributed by atoms with van der Waals surface area (Å²) in [6, 6.07) is 16.7. The van der Waals surface area contributed by atoms with Gasteiger partial charge in [0.2, 0.25) is 0 Å². The van der Waals surface area contributed by atoms with E-state index in [1.54, 1.807) is 31.2 Å². The van der Waals surface area contributed by atoms with E-state index < -0.39 is 6.10 Å². The summed E-state index contributed by atoms with van der Waals surface area (Å²) < 4.78 is 5.53. The highest BCUT2D eigenvalue weighted by atomic mass is 35.5. The summed E-state index contributed by atoms with van der Waals surface area (Å²) in [4.78, 5) is 12.0. The summed E-state index contributed by atoms with van der Waals surface area (Å²) in [6.07, 6.45) is 3.10. The lowest BCUT2D eigenvalue weighted by Crippen LogP contribution is -2.33. The van der Waals surface area contributed by atoms with E-state index in [-0.39, 0.29) is 5.91 Å². The fraction of sp³-hybridized carbons (Fsp3) is 0.158. The number of amides is 1. The summed E-state index contributed by atoms with van der Waals surface area (Å²) in [5.74, 6) is 0.254. The number of nitrogens with zero attached hydrogens (tertiary/aromatic N) is 1. The molecule has 4 nitrogen and oxygen atoms in total. The van der Waals surface area contributed by atoms with Crippen LogP contribution in [0.15, 0.2) is 65.8 Å². The van der Waals surface area contributed by atoms with Crippen LogP contribution in [0.5, 0.6) is 5.75 Å². The van der Waals surface area contributed by atoms with Gasteiger partial charge < -0.3 is 4.74 Å². The summed E-state index contributed by atoms with van der Waals surface area (Å²) in [6.45, 7) is 3.47. The highest BCUT2D eigenvalue weighted by molar-refractivity contribution is 6.30. The van der Waals surface area contributed by atoms with Crippen LogP contribution in [0.25, 0.3) is 6.08 Å². The Morgan fingerprint density at radius 1 is 1.17 bits per heavy atom. The van der Waals surface area contributed by atoms with Crippen LogP contribution in [0, 0.1) is 0 Å². The Labute approximate surface area is 146 Å². The third-order valence-corrected chi connectivity index (χ3v) is 3.41. The molecule has 2 aromatic rings. The van der Waals surface area contributed by atoms with Crippen molar-refractivity contribution in [2.45, 2.75) is 20.0 Å². The van der Waals surface area contributed by atoms with Crippen LogP contribution in [0.3, 0.4) is 0 Å². The molecule has 0 fully saturated rings. The van der Waals surface area contributed by atoms with Crippen molar-refractivity contribution in [2.24, 2.45) is 5.10 Å². The molecule has 124 valence electrons. The number of ether oxygens (including phenoxy) is 1. The van der Waals surface area contributed by atoms with Crippen LogP contribution < -0.4 is 10.2 Å². The predicted octanol–water partition coefficient (Wildman–Crippen LogP) is 4.31. The number of benzene rings is 2. The molecule has 0 heterocycles. The second-order valence-electron chi connectivity index (χ2n) is 5.19. The van der Waals surface area contributed by atoms with Gasteiger partial charge in [0.05, 0.1) is 5.71 Å². The number of carbonyl (C=O) groups is 1. The molecule has 0 saturated carbocycles. The molecular formula is C19H19ClN2O2. The first kappa shape index (κ1) is 17.8. The Balaban J connectivity index is 1.86. The van der Waals surface area contributed by atoms with Gasteiger partial charge in [-0.2, -0.15) is 5.10 Å². The van der Waals surface area contributed by atoms with Gasteiger partial charge in [-0.25, -0.2) is 5.43 Å². The molecule has 0 bridgehead atoms. The quantitative estimate of drug-likeness (QED) is 0.628. The van der Waals surface area contributed by atoms with E-state index in [9.17, 15) is 4.79 Å².